The molecule has 0 aliphatic carbocycles. The largest absolute Gasteiger partial charge is 0.481 e. The SMILES string of the molecule is O=C(O)CCn1c(-c2ccc(Cl)cc2)c(-c2ccc(F)cc2)[nH]c1=S. The van der Waals surface area contributed by atoms with E-state index in [9.17, 15) is 9.18 Å². The minimum atomic E-state index is -0.909. The number of aliphatic carboxylic acids is 1. The van der Waals surface area contributed by atoms with Crippen LogP contribution in [0.25, 0.3) is 22.5 Å². The number of carbonyl (C=O) groups is 1. The van der Waals surface area contributed by atoms with Crippen molar-refractivity contribution in [1.82, 2.24) is 9.55 Å². The molecule has 0 saturated heterocycles. The third-order valence-corrected chi connectivity index (χ3v) is 4.36. The zero-order chi connectivity index (χ0) is 18.0. The molecule has 0 aliphatic heterocycles. The molecule has 0 aliphatic rings. The van der Waals surface area contributed by atoms with Crippen molar-refractivity contribution in [2.75, 3.05) is 0 Å². The highest BCUT2D eigenvalue weighted by Crippen LogP contribution is 2.33. The Morgan fingerprint density at radius 3 is 2.32 bits per heavy atom. The number of imidazole rings is 1. The van der Waals surface area contributed by atoms with E-state index in [0.717, 1.165) is 16.8 Å². The van der Waals surface area contributed by atoms with Crippen LogP contribution in [-0.2, 0) is 11.3 Å². The first kappa shape index (κ1) is 17.4. The number of H-pyrrole nitrogens is 1. The van der Waals surface area contributed by atoms with Crippen molar-refractivity contribution in [2.45, 2.75) is 13.0 Å². The Balaban J connectivity index is 2.19. The first-order chi connectivity index (χ1) is 12.0. The monoisotopic (exact) mass is 376 g/mol. The van der Waals surface area contributed by atoms with E-state index in [0.29, 0.717) is 15.5 Å². The highest BCUT2D eigenvalue weighted by Gasteiger charge is 2.16. The van der Waals surface area contributed by atoms with Gasteiger partial charge in [-0.05, 0) is 48.6 Å². The molecule has 0 bridgehead atoms. The van der Waals surface area contributed by atoms with E-state index in [1.807, 2.05) is 12.1 Å². The Morgan fingerprint density at radius 2 is 1.72 bits per heavy atom. The van der Waals surface area contributed by atoms with Crippen LogP contribution in [0, 0.1) is 10.6 Å². The maximum atomic E-state index is 13.2. The number of nitrogens with zero attached hydrogens (tertiary/aromatic N) is 1. The molecule has 0 fully saturated rings. The van der Waals surface area contributed by atoms with Gasteiger partial charge >= 0.3 is 5.97 Å². The summed E-state index contributed by atoms with van der Waals surface area (Å²) in [6.07, 6.45) is -0.0599. The molecule has 2 aromatic carbocycles. The molecule has 0 spiro atoms. The minimum absolute atomic E-state index is 0.0599. The molecule has 25 heavy (non-hydrogen) atoms. The van der Waals surface area contributed by atoms with Crippen LogP contribution >= 0.6 is 23.8 Å². The number of hydrogen-bond acceptors (Lipinski definition) is 2. The summed E-state index contributed by atoms with van der Waals surface area (Å²) in [5.41, 5.74) is 3.04. The zero-order valence-electron chi connectivity index (χ0n) is 13.0. The number of halogens is 2. The van der Waals surface area contributed by atoms with Crippen molar-refractivity contribution in [2.24, 2.45) is 0 Å². The lowest BCUT2D eigenvalue weighted by atomic mass is 10.0. The predicted octanol–water partition coefficient (Wildman–Crippen LogP) is 5.15. The lowest BCUT2D eigenvalue weighted by Gasteiger charge is -2.10. The molecule has 0 unspecified atom stereocenters. The van der Waals surface area contributed by atoms with Crippen molar-refractivity contribution in [3.8, 4) is 22.5 Å². The van der Waals surface area contributed by atoms with Gasteiger partial charge in [0, 0.05) is 22.7 Å². The second kappa shape index (κ2) is 7.21. The molecule has 1 heterocycles. The fourth-order valence-electron chi connectivity index (χ4n) is 2.62. The minimum Gasteiger partial charge on any atom is -0.481 e. The fourth-order valence-corrected chi connectivity index (χ4v) is 3.03. The molecule has 0 amide bonds. The normalized spacial score (nSPS) is 10.8. The molecular weight excluding hydrogens is 363 g/mol. The number of aromatic nitrogens is 2. The Labute approximate surface area is 153 Å². The van der Waals surface area contributed by atoms with E-state index in [2.05, 4.69) is 4.98 Å². The summed E-state index contributed by atoms with van der Waals surface area (Å²) in [5.74, 6) is -1.24. The lowest BCUT2D eigenvalue weighted by Crippen LogP contribution is -2.06. The third-order valence-electron chi connectivity index (χ3n) is 3.78. The standard InChI is InChI=1S/C18H14ClFN2O2S/c19-13-5-1-12(2-6-13)17-16(11-3-7-14(20)8-4-11)21-18(25)22(17)10-9-15(23)24/h1-8H,9-10H2,(H,21,25)(H,23,24). The highest BCUT2D eigenvalue weighted by atomic mass is 35.5. The van der Waals surface area contributed by atoms with Crippen molar-refractivity contribution >= 4 is 29.8 Å². The van der Waals surface area contributed by atoms with E-state index < -0.39 is 5.97 Å². The molecule has 7 heteroatoms. The summed E-state index contributed by atoms with van der Waals surface area (Å²) in [5, 5.41) is 9.60. The van der Waals surface area contributed by atoms with Crippen molar-refractivity contribution in [3.05, 3.63) is 64.1 Å². The number of benzene rings is 2. The van der Waals surface area contributed by atoms with Crippen LogP contribution in [0.15, 0.2) is 48.5 Å². The summed E-state index contributed by atoms with van der Waals surface area (Å²) in [6, 6.07) is 13.2. The number of aromatic amines is 1. The Morgan fingerprint density at radius 1 is 1.12 bits per heavy atom. The molecule has 0 atom stereocenters. The van der Waals surface area contributed by atoms with Gasteiger partial charge in [0.25, 0.3) is 0 Å². The summed E-state index contributed by atoms with van der Waals surface area (Å²) in [6.45, 7) is 0.226. The summed E-state index contributed by atoms with van der Waals surface area (Å²) < 4.78 is 15.4. The first-order valence-corrected chi connectivity index (χ1v) is 8.31. The molecule has 3 rings (SSSR count). The average molecular weight is 377 g/mol. The van der Waals surface area contributed by atoms with Crippen LogP contribution in [0.1, 0.15) is 6.42 Å². The van der Waals surface area contributed by atoms with Crippen molar-refractivity contribution in [3.63, 3.8) is 0 Å². The topological polar surface area (TPSA) is 58.0 Å². The lowest BCUT2D eigenvalue weighted by molar-refractivity contribution is -0.137. The smallest absolute Gasteiger partial charge is 0.305 e. The summed E-state index contributed by atoms with van der Waals surface area (Å²) in [4.78, 5) is 14.1. The third kappa shape index (κ3) is 3.81. The zero-order valence-corrected chi connectivity index (χ0v) is 14.6. The van der Waals surface area contributed by atoms with Crippen molar-refractivity contribution < 1.29 is 14.3 Å². The molecule has 0 radical (unpaired) electrons. The Bertz CT molecular complexity index is 962. The van der Waals surface area contributed by atoms with Gasteiger partial charge in [-0.2, -0.15) is 0 Å². The second-order valence-electron chi connectivity index (χ2n) is 5.46. The molecule has 1 aromatic heterocycles. The van der Waals surface area contributed by atoms with E-state index >= 15 is 0 Å². The van der Waals surface area contributed by atoms with Crippen molar-refractivity contribution in [1.29, 1.82) is 0 Å². The van der Waals surface area contributed by atoms with Gasteiger partial charge in [-0.3, -0.25) is 4.79 Å². The van der Waals surface area contributed by atoms with Gasteiger partial charge in [-0.25, -0.2) is 4.39 Å². The number of rotatable bonds is 5. The van der Waals surface area contributed by atoms with Gasteiger partial charge in [0.1, 0.15) is 5.82 Å². The molecule has 0 saturated carbocycles. The van der Waals surface area contributed by atoms with Crippen LogP contribution in [0.5, 0.6) is 0 Å². The summed E-state index contributed by atoms with van der Waals surface area (Å²) >= 11 is 11.3. The predicted molar refractivity (Wildman–Crippen MR) is 97.7 cm³/mol. The number of carboxylic acids is 1. The van der Waals surface area contributed by atoms with Gasteiger partial charge in [0.2, 0.25) is 0 Å². The van der Waals surface area contributed by atoms with Gasteiger partial charge in [0.05, 0.1) is 17.8 Å². The summed E-state index contributed by atoms with van der Waals surface area (Å²) in [7, 11) is 0. The van der Waals surface area contributed by atoms with Gasteiger partial charge in [-0.1, -0.05) is 23.7 Å². The second-order valence-corrected chi connectivity index (χ2v) is 6.29. The van der Waals surface area contributed by atoms with Gasteiger partial charge in [-0.15, -0.1) is 0 Å². The molecule has 2 N–H and O–H groups in total. The molecular formula is C18H14ClFN2O2S. The quantitative estimate of drug-likeness (QED) is 0.605. The number of carboxylic acid groups (broad SMARTS) is 1. The van der Waals surface area contributed by atoms with Crippen LogP contribution in [0.4, 0.5) is 4.39 Å². The first-order valence-electron chi connectivity index (χ1n) is 7.52. The van der Waals surface area contributed by atoms with Crippen LogP contribution < -0.4 is 0 Å². The molecule has 128 valence electrons. The average Bonchev–Trinajstić information content (AvgIpc) is 2.91. The van der Waals surface area contributed by atoms with Crippen LogP contribution in [0.2, 0.25) is 5.02 Å². The van der Waals surface area contributed by atoms with Crippen LogP contribution in [-0.4, -0.2) is 20.6 Å². The highest BCUT2D eigenvalue weighted by molar-refractivity contribution is 7.71. The van der Waals surface area contributed by atoms with Gasteiger partial charge < -0.3 is 14.7 Å². The maximum Gasteiger partial charge on any atom is 0.305 e. The fraction of sp³-hybridized carbons (Fsp3) is 0.111. The van der Waals surface area contributed by atoms with E-state index in [-0.39, 0.29) is 18.8 Å². The Kier molecular flexibility index (Phi) is 5.01. The van der Waals surface area contributed by atoms with Gasteiger partial charge in [0.15, 0.2) is 4.77 Å². The van der Waals surface area contributed by atoms with Crippen LogP contribution in [0.3, 0.4) is 0 Å². The number of hydrogen-bond donors (Lipinski definition) is 2. The van der Waals surface area contributed by atoms with E-state index in [4.69, 9.17) is 28.9 Å². The maximum absolute atomic E-state index is 13.2. The molecule has 3 aromatic rings. The molecule has 4 nitrogen and oxygen atoms in total. The number of nitrogens with one attached hydrogen (secondary N) is 1. The van der Waals surface area contributed by atoms with E-state index in [1.165, 1.54) is 12.1 Å². The Hall–Kier alpha value is -2.44. The van der Waals surface area contributed by atoms with E-state index in [1.54, 1.807) is 28.8 Å².